The second-order valence-electron chi connectivity index (χ2n) is 10.7. The lowest BCUT2D eigenvalue weighted by atomic mass is 9.85. The standard InChI is InChI=1S/C32H30IN5O4/c1-4-25(16-33)38-18-23-14-22(13-19(2)28(23)36-38)20-5-8-24(9-6-20)32(30(40)34-31(41)35-32)11-12-37-17-21-7-10-26(42-3)15-27(21)29(37)39/h4-10,13-15,18,25H,1,11-12,16-17H2,2-3H3,(H2,34,35,40,41)/t25?,32-/m0/s1. The lowest BCUT2D eigenvalue weighted by molar-refractivity contribution is -0.124. The molecule has 1 unspecified atom stereocenters. The summed E-state index contributed by atoms with van der Waals surface area (Å²) in [5.74, 6) is 0.0709. The number of allylic oxidation sites excluding steroid dienone is 1. The first-order chi connectivity index (χ1) is 20.3. The summed E-state index contributed by atoms with van der Waals surface area (Å²) in [4.78, 5) is 40.4. The summed E-state index contributed by atoms with van der Waals surface area (Å²) in [6, 6.07) is 16.9. The Hall–Kier alpha value is -4.19. The van der Waals surface area contributed by atoms with Crippen LogP contribution in [0.15, 0.2) is 73.4 Å². The number of halogens is 1. The van der Waals surface area contributed by atoms with Crippen molar-refractivity contribution in [2.24, 2.45) is 0 Å². The van der Waals surface area contributed by atoms with Gasteiger partial charge in [0.2, 0.25) is 0 Å². The molecule has 0 bridgehead atoms. The molecule has 9 nitrogen and oxygen atoms in total. The van der Waals surface area contributed by atoms with E-state index in [1.807, 2.05) is 60.3 Å². The highest BCUT2D eigenvalue weighted by Crippen LogP contribution is 2.34. The highest BCUT2D eigenvalue weighted by atomic mass is 127. The van der Waals surface area contributed by atoms with E-state index >= 15 is 0 Å². The van der Waals surface area contributed by atoms with Gasteiger partial charge in [-0.15, -0.1) is 6.58 Å². The van der Waals surface area contributed by atoms with Crippen molar-refractivity contribution in [1.29, 1.82) is 0 Å². The van der Waals surface area contributed by atoms with Gasteiger partial charge in [-0.3, -0.25) is 19.6 Å². The minimum atomic E-state index is -1.29. The number of fused-ring (bicyclic) bond motifs is 2. The molecule has 0 saturated carbocycles. The van der Waals surface area contributed by atoms with E-state index in [2.05, 4.69) is 51.9 Å². The molecule has 3 heterocycles. The smallest absolute Gasteiger partial charge is 0.322 e. The molecule has 2 aliphatic heterocycles. The second kappa shape index (κ2) is 10.9. The zero-order valence-corrected chi connectivity index (χ0v) is 25.5. The number of carbonyl (C=O) groups excluding carboxylic acids is 3. The molecule has 1 saturated heterocycles. The minimum Gasteiger partial charge on any atom is -0.497 e. The SMILES string of the molecule is C=CC(CI)n1cc2cc(-c3ccc([C@]4(CCN5Cc6ccc(OC)cc6C5=O)NC(=O)NC4=O)cc3)cc(C)c2n1. The van der Waals surface area contributed by atoms with Crippen molar-refractivity contribution < 1.29 is 19.1 Å². The molecule has 1 fully saturated rings. The molecule has 6 rings (SSSR count). The lowest BCUT2D eigenvalue weighted by Crippen LogP contribution is -2.46. The van der Waals surface area contributed by atoms with E-state index in [-0.39, 0.29) is 24.9 Å². The molecule has 10 heteroatoms. The molecule has 1 aromatic heterocycles. The van der Waals surface area contributed by atoms with Crippen molar-refractivity contribution in [3.63, 3.8) is 0 Å². The zero-order valence-electron chi connectivity index (χ0n) is 23.3. The fourth-order valence-corrected chi connectivity index (χ4v) is 6.58. The molecule has 0 spiro atoms. The number of nitrogens with one attached hydrogen (secondary N) is 2. The number of rotatable bonds is 9. The average molecular weight is 676 g/mol. The Morgan fingerprint density at radius 2 is 1.90 bits per heavy atom. The summed E-state index contributed by atoms with van der Waals surface area (Å²) < 4.78 is 8.10. The third-order valence-electron chi connectivity index (χ3n) is 8.19. The number of imide groups is 1. The van der Waals surface area contributed by atoms with Crippen LogP contribution in [-0.4, -0.2) is 50.6 Å². The Kier molecular flexibility index (Phi) is 7.25. The van der Waals surface area contributed by atoms with Gasteiger partial charge in [0.15, 0.2) is 0 Å². The molecule has 2 N–H and O–H groups in total. The van der Waals surface area contributed by atoms with Crippen LogP contribution >= 0.6 is 22.6 Å². The van der Waals surface area contributed by atoms with Crippen LogP contribution in [0, 0.1) is 6.92 Å². The van der Waals surface area contributed by atoms with Gasteiger partial charge in [-0.05, 0) is 59.0 Å². The van der Waals surface area contributed by atoms with E-state index in [1.54, 1.807) is 18.1 Å². The van der Waals surface area contributed by atoms with Crippen molar-refractivity contribution >= 4 is 51.3 Å². The summed E-state index contributed by atoms with van der Waals surface area (Å²) >= 11 is 2.33. The number of benzene rings is 3. The normalized spacial score (nSPS) is 18.6. The van der Waals surface area contributed by atoms with Crippen LogP contribution in [0.3, 0.4) is 0 Å². The Morgan fingerprint density at radius 3 is 2.57 bits per heavy atom. The van der Waals surface area contributed by atoms with E-state index < -0.39 is 17.5 Å². The Balaban J connectivity index is 1.27. The molecule has 214 valence electrons. The summed E-state index contributed by atoms with van der Waals surface area (Å²) in [7, 11) is 1.56. The number of ether oxygens (including phenoxy) is 1. The van der Waals surface area contributed by atoms with Crippen molar-refractivity contribution in [2.45, 2.75) is 31.5 Å². The first kappa shape index (κ1) is 28.0. The quantitative estimate of drug-likeness (QED) is 0.109. The fourth-order valence-electron chi connectivity index (χ4n) is 5.82. The number of hydrogen-bond acceptors (Lipinski definition) is 5. The maximum absolute atomic E-state index is 13.2. The van der Waals surface area contributed by atoms with Crippen LogP contribution in [-0.2, 0) is 16.9 Å². The van der Waals surface area contributed by atoms with Crippen molar-refractivity contribution in [3.05, 3.63) is 95.7 Å². The Bertz CT molecular complexity index is 1750. The first-order valence-electron chi connectivity index (χ1n) is 13.6. The van der Waals surface area contributed by atoms with Crippen LogP contribution in [0.4, 0.5) is 4.79 Å². The van der Waals surface area contributed by atoms with E-state index in [9.17, 15) is 14.4 Å². The second-order valence-corrected chi connectivity index (χ2v) is 11.6. The summed E-state index contributed by atoms with van der Waals surface area (Å²) in [6.45, 7) is 6.70. The average Bonchev–Trinajstić information content (AvgIpc) is 3.65. The van der Waals surface area contributed by atoms with Gasteiger partial charge in [0, 0.05) is 41.1 Å². The zero-order chi connectivity index (χ0) is 29.6. The maximum Gasteiger partial charge on any atom is 0.322 e. The van der Waals surface area contributed by atoms with Gasteiger partial charge in [0.25, 0.3) is 11.8 Å². The molecule has 0 aliphatic carbocycles. The van der Waals surface area contributed by atoms with Gasteiger partial charge in [0.05, 0.1) is 18.7 Å². The lowest BCUT2D eigenvalue weighted by Gasteiger charge is -2.29. The van der Waals surface area contributed by atoms with Crippen LogP contribution in [0.5, 0.6) is 5.75 Å². The first-order valence-corrected chi connectivity index (χ1v) is 15.2. The van der Waals surface area contributed by atoms with Crippen LogP contribution in [0.1, 0.15) is 39.5 Å². The van der Waals surface area contributed by atoms with Crippen molar-refractivity contribution in [2.75, 3.05) is 18.1 Å². The summed E-state index contributed by atoms with van der Waals surface area (Å²) in [5, 5.41) is 11.1. The minimum absolute atomic E-state index is 0.119. The van der Waals surface area contributed by atoms with E-state index in [0.29, 0.717) is 23.4 Å². The molecule has 0 radical (unpaired) electrons. The topological polar surface area (TPSA) is 106 Å². The van der Waals surface area contributed by atoms with Crippen molar-refractivity contribution in [1.82, 2.24) is 25.3 Å². The number of amides is 4. The maximum atomic E-state index is 13.2. The molecule has 4 amide bonds. The van der Waals surface area contributed by atoms with Gasteiger partial charge >= 0.3 is 6.03 Å². The molecule has 42 heavy (non-hydrogen) atoms. The van der Waals surface area contributed by atoms with E-state index in [0.717, 1.165) is 37.6 Å². The van der Waals surface area contributed by atoms with Crippen LogP contribution < -0.4 is 15.4 Å². The van der Waals surface area contributed by atoms with Crippen LogP contribution in [0.2, 0.25) is 0 Å². The van der Waals surface area contributed by atoms with Gasteiger partial charge in [-0.25, -0.2) is 4.79 Å². The predicted octanol–water partition coefficient (Wildman–Crippen LogP) is 5.26. The number of carbonyl (C=O) groups is 3. The molecule has 2 aliphatic rings. The highest BCUT2D eigenvalue weighted by Gasteiger charge is 2.48. The summed E-state index contributed by atoms with van der Waals surface area (Å²) in [6.07, 6.45) is 4.18. The Labute approximate surface area is 257 Å². The molecule has 4 aromatic rings. The highest BCUT2D eigenvalue weighted by molar-refractivity contribution is 14.1. The molecule has 3 aromatic carbocycles. The van der Waals surface area contributed by atoms with Gasteiger partial charge in [-0.1, -0.05) is 59.0 Å². The van der Waals surface area contributed by atoms with Gasteiger partial charge < -0.3 is 15.0 Å². The number of urea groups is 1. The van der Waals surface area contributed by atoms with E-state index in [4.69, 9.17) is 9.84 Å². The largest absolute Gasteiger partial charge is 0.497 e. The number of aryl methyl sites for hydroxylation is 1. The number of hydrogen-bond donors (Lipinski definition) is 2. The van der Waals surface area contributed by atoms with E-state index in [1.165, 1.54) is 0 Å². The van der Waals surface area contributed by atoms with Gasteiger partial charge in [0.1, 0.15) is 11.3 Å². The monoisotopic (exact) mass is 675 g/mol. The number of nitrogens with zero attached hydrogens (tertiary/aromatic N) is 3. The molecule has 2 atom stereocenters. The predicted molar refractivity (Wildman–Crippen MR) is 169 cm³/mol. The third kappa shape index (κ3) is 4.73. The van der Waals surface area contributed by atoms with Crippen LogP contribution in [0.25, 0.3) is 22.0 Å². The molecular weight excluding hydrogens is 645 g/mol. The molecular formula is C32H30IN5O4. The number of alkyl halides is 1. The fraction of sp³-hybridized carbons (Fsp3) is 0.250. The van der Waals surface area contributed by atoms with Gasteiger partial charge in [-0.2, -0.15) is 5.10 Å². The Morgan fingerprint density at radius 1 is 1.12 bits per heavy atom. The third-order valence-corrected chi connectivity index (χ3v) is 9.09. The number of methoxy groups -OCH3 is 1. The van der Waals surface area contributed by atoms with Crippen molar-refractivity contribution in [3.8, 4) is 16.9 Å². The summed E-state index contributed by atoms with van der Waals surface area (Å²) in [5.41, 5.74) is 4.89. The number of aromatic nitrogens is 2.